The first-order valence-electron chi connectivity index (χ1n) is 6.15. The van der Waals surface area contributed by atoms with Gasteiger partial charge < -0.3 is 4.90 Å². The number of benzene rings is 1. The summed E-state index contributed by atoms with van der Waals surface area (Å²) in [6.45, 7) is 3.20. The fourth-order valence-electron chi connectivity index (χ4n) is 2.20. The van der Waals surface area contributed by atoms with Gasteiger partial charge in [-0.2, -0.15) is 0 Å². The van der Waals surface area contributed by atoms with E-state index in [4.69, 9.17) is 5.41 Å². The molecule has 1 aromatic heterocycles. The van der Waals surface area contributed by atoms with E-state index in [9.17, 15) is 4.79 Å². The molecule has 0 bridgehead atoms. The number of Topliss-reactive ketones (excluding diaryl/α,β-unsaturated/α-hetero) is 1. The second-order valence-corrected chi connectivity index (χ2v) is 7.20. The Kier molecular flexibility index (Phi) is 3.33. The third-order valence-corrected chi connectivity index (χ3v) is 5.30. The normalized spacial score (nSPS) is 19.3. The summed E-state index contributed by atoms with van der Waals surface area (Å²) in [4.78, 5) is 14.9. The smallest absolute Gasteiger partial charge is 0.192 e. The first kappa shape index (κ1) is 12.7. The molecule has 0 unspecified atom stereocenters. The number of hydrogen-bond acceptors (Lipinski definition) is 4. The topological polar surface area (TPSA) is 44.2 Å². The summed E-state index contributed by atoms with van der Waals surface area (Å²) in [6.07, 6.45) is 0. The maximum Gasteiger partial charge on any atom is 0.192 e. The predicted octanol–water partition coefficient (Wildman–Crippen LogP) is 3.46. The van der Waals surface area contributed by atoms with Gasteiger partial charge in [0.25, 0.3) is 0 Å². The van der Waals surface area contributed by atoms with Crippen molar-refractivity contribution in [1.29, 1.82) is 5.41 Å². The van der Waals surface area contributed by atoms with Crippen LogP contribution in [0.1, 0.15) is 16.6 Å². The number of rotatable bonds is 3. The minimum absolute atomic E-state index is 0.112. The zero-order chi connectivity index (χ0) is 13.4. The van der Waals surface area contributed by atoms with Gasteiger partial charge in [0, 0.05) is 16.5 Å². The molecule has 1 aliphatic rings. The molecule has 3 rings (SSSR count). The monoisotopic (exact) mass is 290 g/mol. The highest BCUT2D eigenvalue weighted by molar-refractivity contribution is 8.14. The molecule has 2 aromatic rings. The molecule has 0 aliphatic carbocycles. The van der Waals surface area contributed by atoms with E-state index >= 15 is 0 Å². The molecule has 0 saturated carbocycles. The number of thiophene rings is 1. The lowest BCUT2D eigenvalue weighted by Crippen LogP contribution is -2.30. The van der Waals surface area contributed by atoms with Crippen LogP contribution in [-0.2, 0) is 0 Å². The molecule has 1 atom stereocenters. The van der Waals surface area contributed by atoms with Crippen molar-refractivity contribution in [1.82, 2.24) is 4.90 Å². The van der Waals surface area contributed by atoms with Crippen molar-refractivity contribution in [3.8, 4) is 0 Å². The SMILES string of the molecule is C[C@H]1CN(CC(=O)c2cc3ccccc3s2)C(=N)S1. The Morgan fingerprint density at radius 2 is 2.26 bits per heavy atom. The average Bonchev–Trinajstić information content (AvgIpc) is 2.93. The third-order valence-electron chi connectivity index (χ3n) is 3.11. The zero-order valence-electron chi connectivity index (χ0n) is 10.6. The molecule has 19 heavy (non-hydrogen) atoms. The summed E-state index contributed by atoms with van der Waals surface area (Å²) < 4.78 is 1.14. The van der Waals surface area contributed by atoms with Gasteiger partial charge in [-0.25, -0.2) is 0 Å². The minimum Gasteiger partial charge on any atom is -0.343 e. The molecule has 0 radical (unpaired) electrons. The highest BCUT2D eigenvalue weighted by atomic mass is 32.2. The van der Waals surface area contributed by atoms with Crippen LogP contribution in [0.3, 0.4) is 0 Å². The van der Waals surface area contributed by atoms with Gasteiger partial charge in [0.05, 0.1) is 11.4 Å². The van der Waals surface area contributed by atoms with Gasteiger partial charge in [0.1, 0.15) is 0 Å². The van der Waals surface area contributed by atoms with E-state index in [0.29, 0.717) is 17.0 Å². The highest BCUT2D eigenvalue weighted by Gasteiger charge is 2.26. The van der Waals surface area contributed by atoms with Crippen molar-refractivity contribution in [2.75, 3.05) is 13.1 Å². The highest BCUT2D eigenvalue weighted by Crippen LogP contribution is 2.28. The van der Waals surface area contributed by atoms with Crippen LogP contribution in [0.4, 0.5) is 0 Å². The molecule has 1 fully saturated rings. The van der Waals surface area contributed by atoms with Gasteiger partial charge in [-0.05, 0) is 17.5 Å². The van der Waals surface area contributed by atoms with Crippen LogP contribution >= 0.6 is 23.1 Å². The molecule has 2 heterocycles. The van der Waals surface area contributed by atoms with Crippen molar-refractivity contribution < 1.29 is 4.79 Å². The second kappa shape index (κ2) is 4.98. The van der Waals surface area contributed by atoms with Crippen LogP contribution in [0.25, 0.3) is 10.1 Å². The number of thioether (sulfide) groups is 1. The van der Waals surface area contributed by atoms with Crippen LogP contribution < -0.4 is 0 Å². The Morgan fingerprint density at radius 1 is 1.47 bits per heavy atom. The Morgan fingerprint density at radius 3 is 2.95 bits per heavy atom. The maximum absolute atomic E-state index is 12.3. The van der Waals surface area contributed by atoms with Crippen LogP contribution in [0.2, 0.25) is 0 Å². The number of nitrogens with zero attached hydrogens (tertiary/aromatic N) is 1. The molecule has 98 valence electrons. The maximum atomic E-state index is 12.3. The molecule has 1 aliphatic heterocycles. The van der Waals surface area contributed by atoms with Crippen LogP contribution in [-0.4, -0.2) is 34.2 Å². The summed E-state index contributed by atoms with van der Waals surface area (Å²) in [5.74, 6) is 0.112. The number of carbonyl (C=O) groups is 1. The molecule has 5 heteroatoms. The molecular formula is C14H14N2OS2. The summed E-state index contributed by atoms with van der Waals surface area (Å²) >= 11 is 3.07. The summed E-state index contributed by atoms with van der Waals surface area (Å²) in [5.41, 5.74) is 0. The van der Waals surface area contributed by atoms with Crippen LogP contribution in [0, 0.1) is 5.41 Å². The van der Waals surface area contributed by atoms with E-state index in [1.54, 1.807) is 0 Å². The van der Waals surface area contributed by atoms with Gasteiger partial charge in [-0.1, -0.05) is 36.9 Å². The lowest BCUT2D eigenvalue weighted by Gasteiger charge is -2.14. The van der Waals surface area contributed by atoms with Crippen molar-refractivity contribution >= 4 is 44.1 Å². The van der Waals surface area contributed by atoms with Crippen LogP contribution in [0.5, 0.6) is 0 Å². The van der Waals surface area contributed by atoms with E-state index in [1.807, 2.05) is 35.2 Å². The standard InChI is InChI=1S/C14H14N2OS2/c1-9-7-16(14(15)18-9)8-11(17)13-6-10-4-2-3-5-12(10)19-13/h2-6,9,15H,7-8H2,1H3/t9-/m0/s1. The van der Waals surface area contributed by atoms with E-state index < -0.39 is 0 Å². The third kappa shape index (κ3) is 2.53. The molecule has 0 spiro atoms. The van der Waals surface area contributed by atoms with Gasteiger partial charge in [0.2, 0.25) is 0 Å². The van der Waals surface area contributed by atoms with Gasteiger partial charge >= 0.3 is 0 Å². The first-order chi connectivity index (χ1) is 9.13. The Labute approximate surface area is 120 Å². The number of ketones is 1. The number of nitrogens with one attached hydrogen (secondary N) is 1. The first-order valence-corrected chi connectivity index (χ1v) is 7.85. The van der Waals surface area contributed by atoms with E-state index in [0.717, 1.165) is 21.5 Å². The number of hydrogen-bond donors (Lipinski definition) is 1. The van der Waals surface area contributed by atoms with Crippen molar-refractivity contribution in [3.63, 3.8) is 0 Å². The van der Waals surface area contributed by atoms with Gasteiger partial charge in [-0.15, -0.1) is 11.3 Å². The van der Waals surface area contributed by atoms with Gasteiger partial charge in [-0.3, -0.25) is 10.2 Å². The number of amidine groups is 1. The van der Waals surface area contributed by atoms with E-state index in [-0.39, 0.29) is 5.78 Å². The van der Waals surface area contributed by atoms with E-state index in [2.05, 4.69) is 6.92 Å². The second-order valence-electron chi connectivity index (χ2n) is 4.69. The minimum atomic E-state index is 0.112. The largest absolute Gasteiger partial charge is 0.343 e. The lowest BCUT2D eigenvalue weighted by atomic mass is 10.2. The summed E-state index contributed by atoms with van der Waals surface area (Å²) in [7, 11) is 0. The van der Waals surface area contributed by atoms with Crippen LogP contribution in [0.15, 0.2) is 30.3 Å². The molecule has 3 nitrogen and oxygen atoms in total. The Bertz CT molecular complexity index is 617. The molecular weight excluding hydrogens is 276 g/mol. The molecule has 1 aromatic carbocycles. The average molecular weight is 290 g/mol. The molecule has 0 amide bonds. The summed E-state index contributed by atoms with van der Waals surface area (Å²) in [6, 6.07) is 9.99. The fraction of sp³-hybridized carbons (Fsp3) is 0.286. The molecule has 1 N–H and O–H groups in total. The van der Waals surface area contributed by atoms with E-state index in [1.165, 1.54) is 23.1 Å². The van der Waals surface area contributed by atoms with Crippen molar-refractivity contribution in [2.24, 2.45) is 0 Å². The summed E-state index contributed by atoms with van der Waals surface area (Å²) in [5, 5.41) is 9.88. The Hall–Kier alpha value is -1.33. The van der Waals surface area contributed by atoms with Gasteiger partial charge in [0.15, 0.2) is 11.0 Å². The number of carbonyl (C=O) groups excluding carboxylic acids is 1. The molecule has 1 saturated heterocycles. The lowest BCUT2D eigenvalue weighted by molar-refractivity contribution is 0.0969. The fourth-order valence-corrected chi connectivity index (χ4v) is 4.12. The number of fused-ring (bicyclic) bond motifs is 1. The predicted molar refractivity (Wildman–Crippen MR) is 82.5 cm³/mol. The van der Waals surface area contributed by atoms with Crippen molar-refractivity contribution in [3.05, 3.63) is 35.2 Å². The van der Waals surface area contributed by atoms with Crippen molar-refractivity contribution in [2.45, 2.75) is 12.2 Å². The quantitative estimate of drug-likeness (QED) is 0.880. The Balaban J connectivity index is 1.78. The zero-order valence-corrected chi connectivity index (χ0v) is 12.2.